The van der Waals surface area contributed by atoms with Crippen LogP contribution in [0.5, 0.6) is 0 Å². The zero-order valence-corrected chi connectivity index (χ0v) is 11.3. The normalized spacial score (nSPS) is 21.6. The summed E-state index contributed by atoms with van der Waals surface area (Å²) in [5.41, 5.74) is 5.64. The van der Waals surface area contributed by atoms with Crippen molar-refractivity contribution in [3.63, 3.8) is 0 Å². The Bertz CT molecular complexity index is 292. The SMILES string of the molecule is CC(C)C[C@H](CN)CC(=O)OC1CCCNC1=O. The molecule has 5 heteroatoms. The molecule has 1 fully saturated rings. The van der Waals surface area contributed by atoms with Gasteiger partial charge in [0.15, 0.2) is 6.10 Å². The Morgan fingerprint density at radius 1 is 1.56 bits per heavy atom. The van der Waals surface area contributed by atoms with Crippen molar-refractivity contribution in [1.29, 1.82) is 0 Å². The van der Waals surface area contributed by atoms with Gasteiger partial charge in [-0.1, -0.05) is 13.8 Å². The lowest BCUT2D eigenvalue weighted by molar-refractivity contribution is -0.158. The van der Waals surface area contributed by atoms with Gasteiger partial charge in [0.1, 0.15) is 0 Å². The molecule has 3 N–H and O–H groups in total. The average molecular weight is 256 g/mol. The molecule has 1 unspecified atom stereocenters. The van der Waals surface area contributed by atoms with Crippen molar-refractivity contribution in [2.75, 3.05) is 13.1 Å². The van der Waals surface area contributed by atoms with E-state index in [2.05, 4.69) is 19.2 Å². The van der Waals surface area contributed by atoms with Crippen LogP contribution in [0.1, 0.15) is 39.5 Å². The maximum atomic E-state index is 11.7. The summed E-state index contributed by atoms with van der Waals surface area (Å²) < 4.78 is 5.21. The third kappa shape index (κ3) is 5.04. The fraction of sp³-hybridized carbons (Fsp3) is 0.846. The smallest absolute Gasteiger partial charge is 0.306 e. The van der Waals surface area contributed by atoms with Crippen LogP contribution in [0.2, 0.25) is 0 Å². The average Bonchev–Trinajstić information content (AvgIpc) is 2.30. The first-order valence-electron chi connectivity index (χ1n) is 6.70. The second kappa shape index (κ2) is 7.36. The minimum atomic E-state index is -0.608. The topological polar surface area (TPSA) is 81.4 Å². The highest BCUT2D eigenvalue weighted by molar-refractivity contribution is 5.84. The van der Waals surface area contributed by atoms with Gasteiger partial charge in [-0.05, 0) is 37.6 Å². The molecule has 1 heterocycles. The highest BCUT2D eigenvalue weighted by Gasteiger charge is 2.26. The van der Waals surface area contributed by atoms with Crippen molar-refractivity contribution >= 4 is 11.9 Å². The van der Waals surface area contributed by atoms with Crippen molar-refractivity contribution in [2.45, 2.75) is 45.6 Å². The van der Waals surface area contributed by atoms with Gasteiger partial charge in [0.05, 0.1) is 0 Å². The van der Waals surface area contributed by atoms with Crippen LogP contribution in [-0.4, -0.2) is 31.1 Å². The molecule has 1 saturated heterocycles. The number of amides is 1. The molecule has 0 aromatic carbocycles. The Kier molecular flexibility index (Phi) is 6.12. The van der Waals surface area contributed by atoms with E-state index in [-0.39, 0.29) is 17.8 Å². The van der Waals surface area contributed by atoms with Gasteiger partial charge in [-0.3, -0.25) is 9.59 Å². The lowest BCUT2D eigenvalue weighted by Crippen LogP contribution is -2.42. The van der Waals surface area contributed by atoms with Gasteiger partial charge in [0, 0.05) is 13.0 Å². The van der Waals surface area contributed by atoms with Crippen molar-refractivity contribution in [3.8, 4) is 0 Å². The summed E-state index contributed by atoms with van der Waals surface area (Å²) in [6.07, 6.45) is 2.08. The molecule has 0 radical (unpaired) electrons. The third-order valence-corrected chi connectivity index (χ3v) is 3.10. The fourth-order valence-electron chi connectivity index (χ4n) is 2.23. The number of carbonyl (C=O) groups is 2. The van der Waals surface area contributed by atoms with Gasteiger partial charge in [0.2, 0.25) is 0 Å². The molecular formula is C13H24N2O3. The molecule has 2 atom stereocenters. The van der Waals surface area contributed by atoms with Gasteiger partial charge >= 0.3 is 5.97 Å². The van der Waals surface area contributed by atoms with E-state index in [9.17, 15) is 9.59 Å². The number of piperidine rings is 1. The van der Waals surface area contributed by atoms with Crippen molar-refractivity contribution in [1.82, 2.24) is 5.32 Å². The maximum Gasteiger partial charge on any atom is 0.306 e. The molecule has 0 spiro atoms. The highest BCUT2D eigenvalue weighted by atomic mass is 16.5. The van der Waals surface area contributed by atoms with Crippen LogP contribution < -0.4 is 11.1 Å². The van der Waals surface area contributed by atoms with E-state index in [1.807, 2.05) is 0 Å². The van der Waals surface area contributed by atoms with E-state index in [1.165, 1.54) is 0 Å². The summed E-state index contributed by atoms with van der Waals surface area (Å²) in [5.74, 6) is 0.157. The molecule has 1 amide bonds. The molecule has 0 aliphatic carbocycles. The summed E-state index contributed by atoms with van der Waals surface area (Å²) in [4.78, 5) is 23.2. The highest BCUT2D eigenvalue weighted by Crippen LogP contribution is 2.16. The third-order valence-electron chi connectivity index (χ3n) is 3.10. The number of nitrogens with two attached hydrogens (primary N) is 1. The first-order valence-corrected chi connectivity index (χ1v) is 6.70. The number of carbonyl (C=O) groups excluding carboxylic acids is 2. The summed E-state index contributed by atoms with van der Waals surface area (Å²) >= 11 is 0. The van der Waals surface area contributed by atoms with Crippen LogP contribution in [0.15, 0.2) is 0 Å². The zero-order valence-electron chi connectivity index (χ0n) is 11.3. The lowest BCUT2D eigenvalue weighted by Gasteiger charge is -2.23. The molecule has 1 aliphatic rings. The molecule has 104 valence electrons. The molecule has 1 aliphatic heterocycles. The predicted molar refractivity (Wildman–Crippen MR) is 68.7 cm³/mol. The standard InChI is InChI=1S/C13H24N2O3/c1-9(2)6-10(8-14)7-12(16)18-11-4-3-5-15-13(11)17/h9-11H,3-8,14H2,1-2H3,(H,15,17)/t10-,11?/m0/s1. The molecule has 18 heavy (non-hydrogen) atoms. The van der Waals surface area contributed by atoms with Crippen LogP contribution >= 0.6 is 0 Å². The quantitative estimate of drug-likeness (QED) is 0.689. The van der Waals surface area contributed by atoms with Crippen molar-refractivity contribution < 1.29 is 14.3 Å². The monoisotopic (exact) mass is 256 g/mol. The van der Waals surface area contributed by atoms with E-state index in [0.29, 0.717) is 31.8 Å². The molecule has 0 aromatic heterocycles. The van der Waals surface area contributed by atoms with Gasteiger partial charge in [-0.15, -0.1) is 0 Å². The number of nitrogens with one attached hydrogen (secondary N) is 1. The van der Waals surface area contributed by atoms with Crippen LogP contribution in [0, 0.1) is 11.8 Å². The van der Waals surface area contributed by atoms with Crippen LogP contribution in [-0.2, 0) is 14.3 Å². The van der Waals surface area contributed by atoms with Gasteiger partial charge in [-0.2, -0.15) is 0 Å². The second-order valence-electron chi connectivity index (χ2n) is 5.35. The maximum absolute atomic E-state index is 11.7. The minimum Gasteiger partial charge on any atom is -0.452 e. The Morgan fingerprint density at radius 2 is 2.28 bits per heavy atom. The Hall–Kier alpha value is -1.10. The summed E-state index contributed by atoms with van der Waals surface area (Å²) in [6.45, 7) is 5.35. The summed E-state index contributed by atoms with van der Waals surface area (Å²) in [6, 6.07) is 0. The second-order valence-corrected chi connectivity index (χ2v) is 5.35. The molecule has 5 nitrogen and oxygen atoms in total. The van der Waals surface area contributed by atoms with Gasteiger partial charge in [0.25, 0.3) is 5.91 Å². The van der Waals surface area contributed by atoms with Crippen LogP contribution in [0.25, 0.3) is 0 Å². The Morgan fingerprint density at radius 3 is 2.83 bits per heavy atom. The van der Waals surface area contributed by atoms with E-state index in [1.54, 1.807) is 0 Å². The van der Waals surface area contributed by atoms with E-state index in [0.717, 1.165) is 12.8 Å². The molecule has 0 bridgehead atoms. The van der Waals surface area contributed by atoms with Crippen LogP contribution in [0.4, 0.5) is 0 Å². The Labute approximate surface area is 108 Å². The molecule has 0 aromatic rings. The number of hydrogen-bond acceptors (Lipinski definition) is 4. The summed E-state index contributed by atoms with van der Waals surface area (Å²) in [7, 11) is 0. The fourth-order valence-corrected chi connectivity index (χ4v) is 2.23. The zero-order chi connectivity index (χ0) is 13.5. The van der Waals surface area contributed by atoms with Gasteiger partial charge < -0.3 is 15.8 Å². The molecule has 0 saturated carbocycles. The number of esters is 1. The largest absolute Gasteiger partial charge is 0.452 e. The predicted octanol–water partition coefficient (Wildman–Crippen LogP) is 0.819. The van der Waals surface area contributed by atoms with E-state index >= 15 is 0 Å². The molecule has 1 rings (SSSR count). The van der Waals surface area contributed by atoms with E-state index in [4.69, 9.17) is 10.5 Å². The van der Waals surface area contributed by atoms with Crippen LogP contribution in [0.3, 0.4) is 0 Å². The Balaban J connectivity index is 2.37. The first-order chi connectivity index (χ1) is 8.52. The summed E-state index contributed by atoms with van der Waals surface area (Å²) in [5, 5.41) is 2.70. The van der Waals surface area contributed by atoms with Gasteiger partial charge in [-0.25, -0.2) is 0 Å². The number of hydrogen-bond donors (Lipinski definition) is 2. The number of ether oxygens (including phenoxy) is 1. The van der Waals surface area contributed by atoms with Crippen molar-refractivity contribution in [3.05, 3.63) is 0 Å². The lowest BCUT2D eigenvalue weighted by atomic mass is 9.94. The van der Waals surface area contributed by atoms with E-state index < -0.39 is 6.10 Å². The van der Waals surface area contributed by atoms with Crippen molar-refractivity contribution in [2.24, 2.45) is 17.6 Å². The molecular weight excluding hydrogens is 232 g/mol. The minimum absolute atomic E-state index is 0.143. The number of rotatable bonds is 6. The first kappa shape index (κ1) is 15.0.